The highest BCUT2D eigenvalue weighted by molar-refractivity contribution is 7.85. The zero-order chi connectivity index (χ0) is 13.6. The van der Waals surface area contributed by atoms with Crippen LogP contribution in [-0.2, 0) is 10.1 Å². The van der Waals surface area contributed by atoms with Crippen LogP contribution in [0.3, 0.4) is 0 Å². The fraction of sp³-hybridized carbons (Fsp3) is 0.0769. The quantitative estimate of drug-likeness (QED) is 0.613. The van der Waals surface area contributed by atoms with Crippen molar-refractivity contribution >= 4 is 15.8 Å². The second kappa shape index (κ2) is 6.18. The van der Waals surface area contributed by atoms with Crippen molar-refractivity contribution in [3.63, 3.8) is 0 Å². The van der Waals surface area contributed by atoms with Gasteiger partial charge in [-0.05, 0) is 31.2 Å². The molecular weight excluding hydrogens is 250 g/mol. The fourth-order valence-corrected chi connectivity index (χ4v) is 1.66. The Bertz CT molecular complexity index is 556. The van der Waals surface area contributed by atoms with Gasteiger partial charge in [0.2, 0.25) is 0 Å². The molecule has 2 aromatic carbocycles. The van der Waals surface area contributed by atoms with E-state index < -0.39 is 10.1 Å². The van der Waals surface area contributed by atoms with Crippen LogP contribution in [0.1, 0.15) is 5.56 Å². The van der Waals surface area contributed by atoms with E-state index in [9.17, 15) is 8.42 Å². The minimum Gasteiger partial charge on any atom is -0.399 e. The predicted molar refractivity (Wildman–Crippen MR) is 71.8 cm³/mol. The molecule has 0 spiro atoms. The number of aryl methyl sites for hydroxylation is 1. The summed E-state index contributed by atoms with van der Waals surface area (Å²) in [6.45, 7) is 2.04. The van der Waals surface area contributed by atoms with E-state index in [1.807, 2.05) is 31.2 Å². The first kappa shape index (κ1) is 14.2. The van der Waals surface area contributed by atoms with Gasteiger partial charge in [-0.1, -0.05) is 35.9 Å². The van der Waals surface area contributed by atoms with Crippen LogP contribution in [0.25, 0.3) is 0 Å². The second-order valence-electron chi connectivity index (χ2n) is 3.70. The van der Waals surface area contributed by atoms with E-state index in [1.165, 1.54) is 17.7 Å². The Morgan fingerprint density at radius 3 is 1.78 bits per heavy atom. The smallest absolute Gasteiger partial charge is 0.294 e. The summed E-state index contributed by atoms with van der Waals surface area (Å²) in [7, 11) is -4.00. The largest absolute Gasteiger partial charge is 0.399 e. The molecule has 2 rings (SSSR count). The maximum atomic E-state index is 10.4. The number of hydrogen-bond acceptors (Lipinski definition) is 3. The molecule has 5 heteroatoms. The van der Waals surface area contributed by atoms with E-state index in [-0.39, 0.29) is 4.90 Å². The van der Waals surface area contributed by atoms with Crippen molar-refractivity contribution < 1.29 is 13.0 Å². The van der Waals surface area contributed by atoms with Gasteiger partial charge in [0.15, 0.2) is 0 Å². The van der Waals surface area contributed by atoms with Crippen molar-refractivity contribution in [1.29, 1.82) is 0 Å². The van der Waals surface area contributed by atoms with E-state index in [0.717, 1.165) is 5.69 Å². The van der Waals surface area contributed by atoms with Gasteiger partial charge in [-0.3, -0.25) is 4.55 Å². The first-order valence-corrected chi connectivity index (χ1v) is 6.68. The highest BCUT2D eigenvalue weighted by Gasteiger charge is 2.05. The summed E-state index contributed by atoms with van der Waals surface area (Å²) in [6, 6.07) is 15.2. The predicted octanol–water partition coefficient (Wildman–Crippen LogP) is 2.51. The number of nitrogens with two attached hydrogens (primary N) is 1. The standard InChI is InChI=1S/C7H9N.C6H6O3S/c1-6-2-4-7(8)5-3-6;7-10(8,9)6-4-2-1-3-5-6/h2-5H,8H2,1H3;1-5H,(H,7,8,9). The van der Waals surface area contributed by atoms with Crippen LogP contribution in [0.5, 0.6) is 0 Å². The minimum atomic E-state index is -4.00. The Kier molecular flexibility index (Phi) is 4.88. The Labute approximate surface area is 107 Å². The van der Waals surface area contributed by atoms with Crippen molar-refractivity contribution in [3.05, 3.63) is 60.2 Å². The number of anilines is 1. The third kappa shape index (κ3) is 4.99. The summed E-state index contributed by atoms with van der Waals surface area (Å²) in [5.74, 6) is 0. The first-order valence-electron chi connectivity index (χ1n) is 5.24. The third-order valence-corrected chi connectivity index (χ3v) is 2.99. The zero-order valence-corrected chi connectivity index (χ0v) is 10.8. The highest BCUT2D eigenvalue weighted by atomic mass is 32.2. The number of benzene rings is 2. The van der Waals surface area contributed by atoms with Crippen molar-refractivity contribution in [1.82, 2.24) is 0 Å². The maximum Gasteiger partial charge on any atom is 0.294 e. The average Bonchev–Trinajstić information content (AvgIpc) is 2.34. The lowest BCUT2D eigenvalue weighted by Crippen LogP contribution is -1.96. The molecule has 4 nitrogen and oxygen atoms in total. The van der Waals surface area contributed by atoms with Gasteiger partial charge >= 0.3 is 0 Å². The van der Waals surface area contributed by atoms with Crippen molar-refractivity contribution in [3.8, 4) is 0 Å². The molecule has 0 fully saturated rings. The molecule has 0 unspecified atom stereocenters. The van der Waals surface area contributed by atoms with E-state index in [1.54, 1.807) is 18.2 Å². The van der Waals surface area contributed by atoms with Gasteiger partial charge in [0.1, 0.15) is 0 Å². The van der Waals surface area contributed by atoms with Crippen molar-refractivity contribution in [2.75, 3.05) is 5.73 Å². The van der Waals surface area contributed by atoms with Crippen LogP contribution in [0.4, 0.5) is 5.69 Å². The number of hydrogen-bond donors (Lipinski definition) is 2. The molecule has 3 N–H and O–H groups in total. The van der Waals surface area contributed by atoms with Gasteiger partial charge in [0.25, 0.3) is 10.1 Å². The van der Waals surface area contributed by atoms with Crippen LogP contribution in [0, 0.1) is 6.92 Å². The Morgan fingerprint density at radius 2 is 1.44 bits per heavy atom. The first-order chi connectivity index (χ1) is 8.39. The third-order valence-electron chi connectivity index (χ3n) is 2.12. The van der Waals surface area contributed by atoms with Gasteiger partial charge in [-0.15, -0.1) is 0 Å². The fourth-order valence-electron chi connectivity index (χ4n) is 1.16. The Hall–Kier alpha value is -1.85. The molecule has 2 aromatic rings. The summed E-state index contributed by atoms with van der Waals surface area (Å²) in [4.78, 5) is -0.0741. The normalized spacial score (nSPS) is 10.3. The summed E-state index contributed by atoms with van der Waals surface area (Å²) < 4.78 is 29.2. The van der Waals surface area contributed by atoms with Crippen LogP contribution < -0.4 is 5.73 Å². The molecule has 96 valence electrons. The highest BCUT2D eigenvalue weighted by Crippen LogP contribution is 2.05. The molecule has 0 aliphatic carbocycles. The molecule has 0 aliphatic rings. The SMILES string of the molecule is Cc1ccc(N)cc1.O=S(=O)(O)c1ccccc1. The lowest BCUT2D eigenvalue weighted by Gasteiger charge is -1.92. The van der Waals surface area contributed by atoms with E-state index in [2.05, 4.69) is 0 Å². The molecule has 0 atom stereocenters. The number of nitrogen functional groups attached to an aromatic ring is 1. The van der Waals surface area contributed by atoms with Crippen molar-refractivity contribution in [2.24, 2.45) is 0 Å². The second-order valence-corrected chi connectivity index (χ2v) is 5.12. The summed E-state index contributed by atoms with van der Waals surface area (Å²) in [5.41, 5.74) is 7.51. The van der Waals surface area contributed by atoms with Crippen LogP contribution in [-0.4, -0.2) is 13.0 Å². The van der Waals surface area contributed by atoms with Crippen LogP contribution >= 0.6 is 0 Å². The van der Waals surface area contributed by atoms with Gasteiger partial charge < -0.3 is 5.73 Å². The molecule has 0 amide bonds. The van der Waals surface area contributed by atoms with Gasteiger partial charge in [-0.25, -0.2) is 0 Å². The van der Waals surface area contributed by atoms with Gasteiger partial charge in [0, 0.05) is 5.69 Å². The summed E-state index contributed by atoms with van der Waals surface area (Å²) in [6.07, 6.45) is 0. The maximum absolute atomic E-state index is 10.4. The molecule has 18 heavy (non-hydrogen) atoms. The Balaban J connectivity index is 0.000000184. The number of rotatable bonds is 1. The summed E-state index contributed by atoms with van der Waals surface area (Å²) >= 11 is 0. The van der Waals surface area contributed by atoms with E-state index >= 15 is 0 Å². The van der Waals surface area contributed by atoms with E-state index in [4.69, 9.17) is 10.3 Å². The molecule has 0 bridgehead atoms. The summed E-state index contributed by atoms with van der Waals surface area (Å²) in [5, 5.41) is 0. The topological polar surface area (TPSA) is 80.4 Å². The lowest BCUT2D eigenvalue weighted by molar-refractivity contribution is 0.483. The van der Waals surface area contributed by atoms with Crippen LogP contribution in [0.15, 0.2) is 59.5 Å². The lowest BCUT2D eigenvalue weighted by atomic mass is 10.2. The molecular formula is C13H15NO3S. The Morgan fingerprint density at radius 1 is 0.944 bits per heavy atom. The minimum absolute atomic E-state index is 0.0741. The van der Waals surface area contributed by atoms with Crippen LogP contribution in [0.2, 0.25) is 0 Å². The molecule has 0 radical (unpaired) electrons. The molecule has 0 saturated heterocycles. The average molecular weight is 265 g/mol. The molecule has 0 aliphatic heterocycles. The molecule has 0 saturated carbocycles. The zero-order valence-electron chi connectivity index (χ0n) is 9.95. The van der Waals surface area contributed by atoms with Crippen molar-refractivity contribution in [2.45, 2.75) is 11.8 Å². The van der Waals surface area contributed by atoms with Gasteiger partial charge in [0.05, 0.1) is 4.90 Å². The molecule has 0 heterocycles. The monoisotopic (exact) mass is 265 g/mol. The van der Waals surface area contributed by atoms with E-state index in [0.29, 0.717) is 0 Å². The van der Waals surface area contributed by atoms with Gasteiger partial charge in [-0.2, -0.15) is 8.42 Å². The molecule has 0 aromatic heterocycles.